The molecule has 108 valence electrons. The van der Waals surface area contributed by atoms with Gasteiger partial charge in [-0.3, -0.25) is 0 Å². The molecule has 6 heteroatoms. The van der Waals surface area contributed by atoms with Crippen molar-refractivity contribution >= 4 is 23.2 Å². The summed E-state index contributed by atoms with van der Waals surface area (Å²) in [6.45, 7) is 2.46. The molecule has 1 aromatic rings. The van der Waals surface area contributed by atoms with Crippen LogP contribution in [0.5, 0.6) is 0 Å². The molecule has 0 bridgehead atoms. The number of halogens is 5. The van der Waals surface area contributed by atoms with E-state index < -0.39 is 18.6 Å². The minimum absolute atomic E-state index is 0.232. The molecular formula is C13H16Cl2F3N. The summed E-state index contributed by atoms with van der Waals surface area (Å²) in [6.07, 6.45) is -4.05. The van der Waals surface area contributed by atoms with Crippen LogP contribution >= 0.6 is 23.2 Å². The summed E-state index contributed by atoms with van der Waals surface area (Å²) in [4.78, 5) is 0. The summed E-state index contributed by atoms with van der Waals surface area (Å²) in [7, 11) is 0. The zero-order valence-corrected chi connectivity index (χ0v) is 12.0. The molecule has 0 aliphatic rings. The van der Waals surface area contributed by atoms with Crippen molar-refractivity contribution in [2.45, 2.75) is 38.4 Å². The molecule has 0 aliphatic carbocycles. The fraction of sp³-hybridized carbons (Fsp3) is 0.538. The Morgan fingerprint density at radius 3 is 2.47 bits per heavy atom. The van der Waals surface area contributed by atoms with Crippen LogP contribution in [-0.2, 0) is 6.42 Å². The van der Waals surface area contributed by atoms with Gasteiger partial charge in [-0.2, -0.15) is 13.2 Å². The van der Waals surface area contributed by atoms with E-state index in [-0.39, 0.29) is 6.42 Å². The van der Waals surface area contributed by atoms with Crippen LogP contribution in [0, 0.1) is 0 Å². The molecule has 0 radical (unpaired) electrons. The van der Waals surface area contributed by atoms with Gasteiger partial charge >= 0.3 is 6.18 Å². The molecule has 0 spiro atoms. The molecule has 1 aromatic carbocycles. The highest BCUT2D eigenvalue weighted by molar-refractivity contribution is 6.35. The monoisotopic (exact) mass is 313 g/mol. The van der Waals surface area contributed by atoms with Crippen LogP contribution in [0.3, 0.4) is 0 Å². The predicted molar refractivity (Wildman–Crippen MR) is 72.9 cm³/mol. The number of hydrogen-bond acceptors (Lipinski definition) is 1. The van der Waals surface area contributed by atoms with Crippen molar-refractivity contribution in [2.24, 2.45) is 0 Å². The number of alkyl halides is 3. The Balaban J connectivity index is 2.75. The van der Waals surface area contributed by atoms with Crippen molar-refractivity contribution in [3.8, 4) is 0 Å². The van der Waals surface area contributed by atoms with E-state index in [9.17, 15) is 13.2 Å². The molecule has 1 N–H and O–H groups in total. The summed E-state index contributed by atoms with van der Waals surface area (Å²) < 4.78 is 37.5. The van der Waals surface area contributed by atoms with Crippen molar-refractivity contribution in [2.75, 3.05) is 6.54 Å². The number of rotatable bonds is 6. The molecule has 1 atom stereocenters. The minimum atomic E-state index is -4.19. The van der Waals surface area contributed by atoms with Crippen LogP contribution in [0.1, 0.15) is 25.3 Å². The van der Waals surface area contributed by atoms with Crippen molar-refractivity contribution in [1.29, 1.82) is 0 Å². The Bertz CT molecular complexity index is 407. The first-order valence-electron chi connectivity index (χ1n) is 6.06. The fourth-order valence-electron chi connectivity index (χ4n) is 1.80. The van der Waals surface area contributed by atoms with Crippen LogP contribution in [0.2, 0.25) is 10.0 Å². The number of hydrogen-bond donors (Lipinski definition) is 1. The second-order valence-corrected chi connectivity index (χ2v) is 5.25. The number of benzene rings is 1. The first-order chi connectivity index (χ1) is 8.81. The Morgan fingerprint density at radius 2 is 1.95 bits per heavy atom. The third kappa shape index (κ3) is 6.50. The van der Waals surface area contributed by atoms with Gasteiger partial charge in [0, 0.05) is 16.1 Å². The maximum Gasteiger partial charge on any atom is 0.390 e. The first-order valence-corrected chi connectivity index (χ1v) is 6.81. The zero-order valence-electron chi connectivity index (χ0n) is 10.5. The van der Waals surface area contributed by atoms with Crippen molar-refractivity contribution < 1.29 is 13.2 Å². The van der Waals surface area contributed by atoms with Crippen LogP contribution in [0.25, 0.3) is 0 Å². The van der Waals surface area contributed by atoms with Gasteiger partial charge in [0.2, 0.25) is 0 Å². The molecule has 0 saturated heterocycles. The average molecular weight is 314 g/mol. The van der Waals surface area contributed by atoms with Gasteiger partial charge in [-0.05, 0) is 37.1 Å². The van der Waals surface area contributed by atoms with E-state index in [2.05, 4.69) is 5.32 Å². The Labute approximate surface area is 121 Å². The van der Waals surface area contributed by atoms with Crippen LogP contribution < -0.4 is 5.32 Å². The maximum absolute atomic E-state index is 12.5. The van der Waals surface area contributed by atoms with Crippen molar-refractivity contribution in [1.82, 2.24) is 5.32 Å². The molecular weight excluding hydrogens is 298 g/mol. The summed E-state index contributed by atoms with van der Waals surface area (Å²) in [6, 6.07) is 4.18. The lowest BCUT2D eigenvalue weighted by molar-refractivity contribution is -0.139. The second-order valence-electron chi connectivity index (χ2n) is 4.41. The summed E-state index contributed by atoms with van der Waals surface area (Å²) >= 11 is 11.7. The van der Waals surface area contributed by atoms with Gasteiger partial charge in [-0.15, -0.1) is 0 Å². The highest BCUT2D eigenvalue weighted by Crippen LogP contribution is 2.26. The topological polar surface area (TPSA) is 12.0 Å². The Kier molecular flexibility index (Phi) is 6.43. The lowest BCUT2D eigenvalue weighted by Gasteiger charge is -2.20. The highest BCUT2D eigenvalue weighted by Gasteiger charge is 2.31. The van der Waals surface area contributed by atoms with Gasteiger partial charge in [0.25, 0.3) is 0 Å². The molecule has 0 heterocycles. The van der Waals surface area contributed by atoms with E-state index in [0.717, 1.165) is 6.42 Å². The smallest absolute Gasteiger partial charge is 0.313 e. The van der Waals surface area contributed by atoms with Gasteiger partial charge in [0.1, 0.15) is 0 Å². The van der Waals surface area contributed by atoms with Crippen molar-refractivity contribution in [3.05, 3.63) is 33.8 Å². The second kappa shape index (κ2) is 7.36. The van der Waals surface area contributed by atoms with Crippen LogP contribution in [0.15, 0.2) is 18.2 Å². The SMILES string of the molecule is CCCNC(Cc1ccc(Cl)cc1Cl)CC(F)(F)F. The molecule has 0 fully saturated rings. The Morgan fingerprint density at radius 1 is 1.26 bits per heavy atom. The van der Waals surface area contributed by atoms with E-state index in [1.807, 2.05) is 6.92 Å². The standard InChI is InChI=1S/C13H16Cl2F3N/c1-2-5-19-11(8-13(16,17)18)6-9-3-4-10(14)7-12(9)15/h3-4,7,11,19H,2,5-6,8H2,1H3. The summed E-state index contributed by atoms with van der Waals surface area (Å²) in [5.74, 6) is 0. The van der Waals surface area contributed by atoms with E-state index in [0.29, 0.717) is 22.2 Å². The molecule has 1 rings (SSSR count). The molecule has 0 aliphatic heterocycles. The Hall–Kier alpha value is -0.450. The first kappa shape index (κ1) is 16.6. The van der Waals surface area contributed by atoms with E-state index in [1.54, 1.807) is 18.2 Å². The third-order valence-corrected chi connectivity index (χ3v) is 3.23. The lowest BCUT2D eigenvalue weighted by Crippen LogP contribution is -2.36. The third-order valence-electron chi connectivity index (χ3n) is 2.64. The molecule has 0 aromatic heterocycles. The summed E-state index contributed by atoms with van der Waals surface area (Å²) in [5, 5.41) is 3.78. The van der Waals surface area contributed by atoms with Crippen LogP contribution in [0.4, 0.5) is 13.2 Å². The van der Waals surface area contributed by atoms with E-state index >= 15 is 0 Å². The molecule has 0 saturated carbocycles. The maximum atomic E-state index is 12.5. The zero-order chi connectivity index (χ0) is 14.5. The molecule has 19 heavy (non-hydrogen) atoms. The normalized spacial score (nSPS) is 13.6. The predicted octanol–water partition coefficient (Wildman–Crippen LogP) is 4.86. The fourth-order valence-corrected chi connectivity index (χ4v) is 2.28. The summed E-state index contributed by atoms with van der Waals surface area (Å²) in [5.41, 5.74) is 0.670. The van der Waals surface area contributed by atoms with E-state index in [1.165, 1.54) is 0 Å². The molecule has 0 amide bonds. The molecule has 1 nitrogen and oxygen atoms in total. The van der Waals surface area contributed by atoms with Gasteiger partial charge in [-0.1, -0.05) is 36.2 Å². The van der Waals surface area contributed by atoms with Crippen molar-refractivity contribution in [3.63, 3.8) is 0 Å². The number of nitrogens with one attached hydrogen (secondary N) is 1. The highest BCUT2D eigenvalue weighted by atomic mass is 35.5. The van der Waals surface area contributed by atoms with Gasteiger partial charge in [0.05, 0.1) is 6.42 Å². The lowest BCUT2D eigenvalue weighted by atomic mass is 10.0. The molecule has 1 unspecified atom stereocenters. The van der Waals surface area contributed by atoms with Crippen LogP contribution in [-0.4, -0.2) is 18.8 Å². The van der Waals surface area contributed by atoms with E-state index in [4.69, 9.17) is 23.2 Å². The quantitative estimate of drug-likeness (QED) is 0.791. The average Bonchev–Trinajstić information content (AvgIpc) is 2.27. The minimum Gasteiger partial charge on any atom is -0.313 e. The largest absolute Gasteiger partial charge is 0.390 e. The van der Waals surface area contributed by atoms with Gasteiger partial charge in [-0.25, -0.2) is 0 Å². The van der Waals surface area contributed by atoms with Gasteiger partial charge < -0.3 is 5.32 Å². The van der Waals surface area contributed by atoms with Gasteiger partial charge in [0.15, 0.2) is 0 Å².